The van der Waals surface area contributed by atoms with Crippen LogP contribution in [0.3, 0.4) is 0 Å². The monoisotopic (exact) mass is 227 g/mol. The molecule has 0 saturated carbocycles. The summed E-state index contributed by atoms with van der Waals surface area (Å²) in [7, 11) is 2.11. The molecule has 0 aliphatic heterocycles. The van der Waals surface area contributed by atoms with E-state index in [0.717, 1.165) is 18.8 Å². The fourth-order valence-corrected chi connectivity index (χ4v) is 2.21. The number of hydrogen-bond acceptors (Lipinski definition) is 4. The number of rotatable bonds is 5. The van der Waals surface area contributed by atoms with E-state index in [0.29, 0.717) is 5.92 Å². The van der Waals surface area contributed by atoms with Crippen LogP contribution in [0.4, 0.5) is 0 Å². The molecule has 4 heteroatoms. The minimum Gasteiger partial charge on any atom is -0.326 e. The lowest BCUT2D eigenvalue weighted by Crippen LogP contribution is -2.38. The molecule has 0 bridgehead atoms. The van der Waals surface area contributed by atoms with Crippen molar-refractivity contribution in [2.75, 3.05) is 13.6 Å². The number of nitrogens with two attached hydrogens (primary N) is 1. The summed E-state index contributed by atoms with van der Waals surface area (Å²) in [5, 5.41) is 0. The highest BCUT2D eigenvalue weighted by Gasteiger charge is 2.12. The van der Waals surface area contributed by atoms with Gasteiger partial charge in [0.2, 0.25) is 0 Å². The Labute approximate surface area is 96.3 Å². The van der Waals surface area contributed by atoms with Crippen LogP contribution in [0.1, 0.15) is 24.4 Å². The van der Waals surface area contributed by atoms with Gasteiger partial charge < -0.3 is 5.73 Å². The SMILES string of the molecule is Cc1ncsc1CN(C)CC(N)C(C)C. The Morgan fingerprint density at radius 2 is 2.20 bits per heavy atom. The van der Waals surface area contributed by atoms with E-state index in [1.165, 1.54) is 4.88 Å². The maximum absolute atomic E-state index is 6.03. The Bertz CT molecular complexity index is 296. The van der Waals surface area contributed by atoms with Crippen molar-refractivity contribution in [1.82, 2.24) is 9.88 Å². The largest absolute Gasteiger partial charge is 0.326 e. The van der Waals surface area contributed by atoms with Gasteiger partial charge in [-0.3, -0.25) is 4.90 Å². The highest BCUT2D eigenvalue weighted by atomic mass is 32.1. The molecule has 0 fully saturated rings. The zero-order valence-electron chi connectivity index (χ0n) is 10.0. The average Bonchev–Trinajstić information content (AvgIpc) is 2.51. The van der Waals surface area contributed by atoms with E-state index in [1.54, 1.807) is 11.3 Å². The first-order chi connectivity index (χ1) is 7.00. The zero-order chi connectivity index (χ0) is 11.4. The van der Waals surface area contributed by atoms with Gasteiger partial charge in [0.25, 0.3) is 0 Å². The fourth-order valence-electron chi connectivity index (χ4n) is 1.36. The molecule has 1 aromatic rings. The molecule has 0 aliphatic carbocycles. The second-order valence-electron chi connectivity index (χ2n) is 4.47. The van der Waals surface area contributed by atoms with Crippen LogP contribution in [0.5, 0.6) is 0 Å². The van der Waals surface area contributed by atoms with Crippen LogP contribution >= 0.6 is 11.3 Å². The highest BCUT2D eigenvalue weighted by Crippen LogP contribution is 2.14. The molecule has 0 aliphatic rings. The maximum Gasteiger partial charge on any atom is 0.0798 e. The second-order valence-corrected chi connectivity index (χ2v) is 5.40. The molecular formula is C11H21N3S. The molecule has 0 spiro atoms. The Morgan fingerprint density at radius 1 is 1.53 bits per heavy atom. The van der Waals surface area contributed by atoms with E-state index in [4.69, 9.17) is 5.73 Å². The van der Waals surface area contributed by atoms with Crippen molar-refractivity contribution in [3.05, 3.63) is 16.1 Å². The van der Waals surface area contributed by atoms with Gasteiger partial charge in [0.1, 0.15) is 0 Å². The van der Waals surface area contributed by atoms with Crippen LogP contribution < -0.4 is 5.73 Å². The number of hydrogen-bond donors (Lipinski definition) is 1. The van der Waals surface area contributed by atoms with Crippen LogP contribution in [0.15, 0.2) is 5.51 Å². The van der Waals surface area contributed by atoms with Crippen molar-refractivity contribution in [2.24, 2.45) is 11.7 Å². The molecule has 86 valence electrons. The predicted octanol–water partition coefficient (Wildman–Crippen LogP) is 1.87. The van der Waals surface area contributed by atoms with Gasteiger partial charge in [-0.05, 0) is 19.9 Å². The average molecular weight is 227 g/mol. The Hall–Kier alpha value is -0.450. The molecule has 0 amide bonds. The van der Waals surface area contributed by atoms with Crippen LogP contribution in [0, 0.1) is 12.8 Å². The van der Waals surface area contributed by atoms with Crippen LogP contribution in [-0.2, 0) is 6.54 Å². The van der Waals surface area contributed by atoms with Crippen LogP contribution in [-0.4, -0.2) is 29.5 Å². The predicted molar refractivity (Wildman–Crippen MR) is 66.0 cm³/mol. The van der Waals surface area contributed by atoms with E-state index >= 15 is 0 Å². The summed E-state index contributed by atoms with van der Waals surface area (Å²) < 4.78 is 0. The van der Waals surface area contributed by atoms with Crippen molar-refractivity contribution in [2.45, 2.75) is 33.4 Å². The molecular weight excluding hydrogens is 206 g/mol. The molecule has 15 heavy (non-hydrogen) atoms. The van der Waals surface area contributed by atoms with Gasteiger partial charge in [-0.1, -0.05) is 13.8 Å². The summed E-state index contributed by atoms with van der Waals surface area (Å²) in [6, 6.07) is 0.253. The first-order valence-corrected chi connectivity index (χ1v) is 6.21. The molecule has 3 nitrogen and oxygen atoms in total. The number of aromatic nitrogens is 1. The fraction of sp³-hybridized carbons (Fsp3) is 0.727. The molecule has 1 heterocycles. The molecule has 1 rings (SSSR count). The minimum atomic E-state index is 0.253. The van der Waals surface area contributed by atoms with Gasteiger partial charge in [0.15, 0.2) is 0 Å². The van der Waals surface area contributed by atoms with Crippen molar-refractivity contribution in [3.63, 3.8) is 0 Å². The Kier molecular flexibility index (Phi) is 4.70. The van der Waals surface area contributed by atoms with Gasteiger partial charge in [-0.2, -0.15) is 0 Å². The van der Waals surface area contributed by atoms with Gasteiger partial charge >= 0.3 is 0 Å². The number of thiazole rings is 1. The van der Waals surface area contributed by atoms with Gasteiger partial charge in [0.05, 0.1) is 11.2 Å². The highest BCUT2D eigenvalue weighted by molar-refractivity contribution is 7.09. The van der Waals surface area contributed by atoms with E-state index in [-0.39, 0.29) is 6.04 Å². The third-order valence-corrected chi connectivity index (χ3v) is 3.56. The zero-order valence-corrected chi connectivity index (χ0v) is 10.8. The number of likely N-dealkylation sites (N-methyl/N-ethyl adjacent to an activating group) is 1. The number of aryl methyl sites for hydroxylation is 1. The van der Waals surface area contributed by atoms with E-state index in [9.17, 15) is 0 Å². The smallest absolute Gasteiger partial charge is 0.0798 e. The summed E-state index contributed by atoms with van der Waals surface area (Å²) in [4.78, 5) is 7.85. The first kappa shape index (κ1) is 12.6. The topological polar surface area (TPSA) is 42.2 Å². The summed E-state index contributed by atoms with van der Waals surface area (Å²) in [6.07, 6.45) is 0. The maximum atomic E-state index is 6.03. The van der Waals surface area contributed by atoms with Crippen molar-refractivity contribution in [3.8, 4) is 0 Å². The second kappa shape index (κ2) is 5.58. The van der Waals surface area contributed by atoms with Gasteiger partial charge in [0, 0.05) is 24.0 Å². The third-order valence-electron chi connectivity index (χ3n) is 2.64. The lowest BCUT2D eigenvalue weighted by atomic mass is 10.1. The summed E-state index contributed by atoms with van der Waals surface area (Å²) in [5.41, 5.74) is 9.08. The Balaban J connectivity index is 2.43. The molecule has 1 atom stereocenters. The van der Waals surface area contributed by atoms with Crippen LogP contribution in [0.2, 0.25) is 0 Å². The molecule has 0 aromatic carbocycles. The van der Waals surface area contributed by atoms with Crippen molar-refractivity contribution >= 4 is 11.3 Å². The summed E-state index contributed by atoms with van der Waals surface area (Å²) >= 11 is 1.72. The standard InChI is InChI=1S/C11H21N3S/c1-8(2)10(12)5-14(4)6-11-9(3)13-7-15-11/h7-8,10H,5-6,12H2,1-4H3. The normalized spacial score (nSPS) is 13.8. The molecule has 2 N–H and O–H groups in total. The number of nitrogens with zero attached hydrogens (tertiary/aromatic N) is 2. The molecule has 1 unspecified atom stereocenters. The van der Waals surface area contributed by atoms with Crippen molar-refractivity contribution < 1.29 is 0 Å². The van der Waals surface area contributed by atoms with Gasteiger partial charge in [-0.15, -0.1) is 11.3 Å². The lowest BCUT2D eigenvalue weighted by Gasteiger charge is -2.23. The minimum absolute atomic E-state index is 0.253. The van der Waals surface area contributed by atoms with Crippen LogP contribution in [0.25, 0.3) is 0 Å². The quantitative estimate of drug-likeness (QED) is 0.835. The van der Waals surface area contributed by atoms with E-state index in [1.807, 2.05) is 5.51 Å². The summed E-state index contributed by atoms with van der Waals surface area (Å²) in [6.45, 7) is 8.28. The Morgan fingerprint density at radius 3 is 2.67 bits per heavy atom. The van der Waals surface area contributed by atoms with E-state index < -0.39 is 0 Å². The first-order valence-electron chi connectivity index (χ1n) is 5.33. The molecule has 1 aromatic heterocycles. The third kappa shape index (κ3) is 3.89. The molecule has 0 radical (unpaired) electrons. The molecule has 0 saturated heterocycles. The van der Waals surface area contributed by atoms with Crippen molar-refractivity contribution in [1.29, 1.82) is 0 Å². The lowest BCUT2D eigenvalue weighted by molar-refractivity contribution is 0.278. The van der Waals surface area contributed by atoms with E-state index in [2.05, 4.69) is 37.7 Å². The summed E-state index contributed by atoms with van der Waals surface area (Å²) in [5.74, 6) is 0.537. The van der Waals surface area contributed by atoms with Gasteiger partial charge in [-0.25, -0.2) is 4.98 Å².